The molecule has 1 aliphatic rings. The Kier molecular flexibility index (Phi) is 3.88. The molecule has 3 rings (SSSR count). The molecule has 3 N–H and O–H groups in total. The topological polar surface area (TPSA) is 105 Å². The minimum Gasteiger partial charge on any atom is -0.356 e. The maximum absolute atomic E-state index is 12.3. The zero-order valence-electron chi connectivity index (χ0n) is 12.5. The van der Waals surface area contributed by atoms with E-state index in [1.807, 2.05) is 13.8 Å². The number of carbonyl (C=O) groups excluding carboxylic acids is 1. The minimum atomic E-state index is -0.288. The van der Waals surface area contributed by atoms with E-state index in [9.17, 15) is 4.79 Å². The molecule has 0 aliphatic carbocycles. The van der Waals surface area contributed by atoms with Gasteiger partial charge in [0.25, 0.3) is 0 Å². The molecule has 0 fully saturated rings. The second kappa shape index (κ2) is 5.84. The van der Waals surface area contributed by atoms with Crippen molar-refractivity contribution in [2.24, 2.45) is 5.92 Å². The number of hydrogen-bond donors (Lipinski definition) is 3. The molecule has 22 heavy (non-hydrogen) atoms. The van der Waals surface area contributed by atoms with Crippen LogP contribution in [0.4, 0.5) is 22.5 Å². The van der Waals surface area contributed by atoms with Crippen LogP contribution >= 0.6 is 11.3 Å². The Hall–Kier alpha value is -2.29. The van der Waals surface area contributed by atoms with Gasteiger partial charge < -0.3 is 16.0 Å². The quantitative estimate of drug-likeness (QED) is 0.793. The van der Waals surface area contributed by atoms with Crippen molar-refractivity contribution in [3.63, 3.8) is 0 Å². The third kappa shape index (κ3) is 2.71. The Bertz CT molecular complexity index is 701. The van der Waals surface area contributed by atoms with Gasteiger partial charge in [0.05, 0.1) is 0 Å². The first-order chi connectivity index (χ1) is 10.6. The lowest BCUT2D eigenvalue weighted by Crippen LogP contribution is -2.43. The second-order valence-electron chi connectivity index (χ2n) is 5.19. The summed E-state index contributed by atoms with van der Waals surface area (Å²) in [6, 6.07) is -0.288. The molecule has 8 nitrogen and oxygen atoms in total. The zero-order chi connectivity index (χ0) is 15.7. The Morgan fingerprint density at radius 3 is 2.91 bits per heavy atom. The van der Waals surface area contributed by atoms with E-state index in [-0.39, 0.29) is 17.9 Å². The smallest absolute Gasteiger partial charge is 0.247 e. The van der Waals surface area contributed by atoms with E-state index in [0.29, 0.717) is 22.5 Å². The highest BCUT2D eigenvalue weighted by Gasteiger charge is 2.31. The molecule has 1 amide bonds. The lowest BCUT2D eigenvalue weighted by molar-refractivity contribution is -0.118. The van der Waals surface area contributed by atoms with E-state index in [1.54, 1.807) is 0 Å². The Morgan fingerprint density at radius 2 is 2.23 bits per heavy atom. The van der Waals surface area contributed by atoms with Crippen molar-refractivity contribution in [3.8, 4) is 0 Å². The number of aromatic nitrogens is 4. The minimum absolute atomic E-state index is 0.0758. The normalized spacial score (nSPS) is 18.1. The molecule has 2 unspecified atom stereocenters. The number of nitrogens with zero attached hydrogens (tertiary/aromatic N) is 4. The summed E-state index contributed by atoms with van der Waals surface area (Å²) in [5.74, 6) is 1.26. The molecule has 3 heterocycles. The summed E-state index contributed by atoms with van der Waals surface area (Å²) < 4.78 is 0. The van der Waals surface area contributed by atoms with Gasteiger partial charge in [0, 0.05) is 0 Å². The fourth-order valence-electron chi connectivity index (χ4n) is 2.21. The third-order valence-corrected chi connectivity index (χ3v) is 4.39. The lowest BCUT2D eigenvalue weighted by atomic mass is 9.97. The maximum Gasteiger partial charge on any atom is 0.247 e. The third-order valence-electron chi connectivity index (χ3n) is 3.63. The van der Waals surface area contributed by atoms with Crippen molar-refractivity contribution < 1.29 is 4.79 Å². The van der Waals surface area contributed by atoms with Crippen LogP contribution < -0.4 is 16.0 Å². The molecule has 2 atom stereocenters. The number of hydrogen-bond acceptors (Lipinski definition) is 8. The van der Waals surface area contributed by atoms with Crippen molar-refractivity contribution >= 4 is 39.7 Å². The number of rotatable bonds is 4. The van der Waals surface area contributed by atoms with Crippen LogP contribution in [-0.2, 0) is 4.79 Å². The van der Waals surface area contributed by atoms with Gasteiger partial charge in [-0.3, -0.25) is 4.79 Å². The summed E-state index contributed by atoms with van der Waals surface area (Å²) in [4.78, 5) is 20.7. The molecule has 0 aromatic carbocycles. The van der Waals surface area contributed by atoms with Gasteiger partial charge in [0.1, 0.15) is 23.1 Å². The summed E-state index contributed by atoms with van der Waals surface area (Å²) >= 11 is 1.42. The van der Waals surface area contributed by atoms with Crippen LogP contribution in [0.5, 0.6) is 0 Å². The van der Waals surface area contributed by atoms with Crippen LogP contribution in [0.25, 0.3) is 0 Å². The molecule has 0 bridgehead atoms. The van der Waals surface area contributed by atoms with Crippen LogP contribution in [-0.4, -0.2) is 32.1 Å². The highest BCUT2D eigenvalue weighted by Crippen LogP contribution is 2.34. The van der Waals surface area contributed by atoms with Gasteiger partial charge in [-0.25, -0.2) is 9.97 Å². The van der Waals surface area contributed by atoms with Gasteiger partial charge >= 0.3 is 0 Å². The summed E-state index contributed by atoms with van der Waals surface area (Å²) in [6.07, 6.45) is 2.36. The average Bonchev–Trinajstić information content (AvgIpc) is 2.92. The van der Waals surface area contributed by atoms with Gasteiger partial charge in [0.15, 0.2) is 11.6 Å². The van der Waals surface area contributed by atoms with Crippen molar-refractivity contribution in [1.82, 2.24) is 20.2 Å². The fourth-order valence-corrected chi connectivity index (χ4v) is 2.80. The number of nitrogens with one attached hydrogen (secondary N) is 3. The van der Waals surface area contributed by atoms with Crippen LogP contribution in [0.1, 0.15) is 25.3 Å². The molecule has 0 radical (unpaired) electrons. The molecule has 0 spiro atoms. The summed E-state index contributed by atoms with van der Waals surface area (Å²) in [7, 11) is 0. The zero-order valence-corrected chi connectivity index (χ0v) is 13.4. The van der Waals surface area contributed by atoms with Crippen LogP contribution in [0.2, 0.25) is 0 Å². The highest BCUT2D eigenvalue weighted by molar-refractivity contribution is 7.15. The Morgan fingerprint density at radius 1 is 1.41 bits per heavy atom. The Labute approximate surface area is 131 Å². The van der Waals surface area contributed by atoms with E-state index in [1.165, 1.54) is 17.7 Å². The van der Waals surface area contributed by atoms with E-state index in [4.69, 9.17) is 0 Å². The molecular formula is C13H17N7OS. The number of amides is 1. The predicted octanol–water partition coefficient (Wildman–Crippen LogP) is 2.16. The number of aryl methyl sites for hydroxylation is 1. The second-order valence-corrected chi connectivity index (χ2v) is 6.38. The predicted molar refractivity (Wildman–Crippen MR) is 85.5 cm³/mol. The maximum atomic E-state index is 12.3. The molecule has 0 saturated carbocycles. The standard InChI is InChI=1S/C13H17N7OS/c1-4-6(2)8-12(21)17-9-10(16-8)14-5-15-11(9)18-13-20-19-7(3)22-13/h5-6,8H,4H2,1-3H3,(H,17,21)(H2,14,15,16,18,20). The van der Waals surface area contributed by atoms with Gasteiger partial charge in [-0.1, -0.05) is 31.6 Å². The average molecular weight is 319 g/mol. The summed E-state index contributed by atoms with van der Waals surface area (Å²) in [5.41, 5.74) is 0.542. The first-order valence-corrected chi connectivity index (χ1v) is 7.89. The van der Waals surface area contributed by atoms with Gasteiger partial charge in [-0.15, -0.1) is 10.2 Å². The highest BCUT2D eigenvalue weighted by atomic mass is 32.1. The number of carbonyl (C=O) groups is 1. The molecule has 2 aromatic heterocycles. The summed E-state index contributed by atoms with van der Waals surface area (Å²) in [5, 5.41) is 18.6. The first-order valence-electron chi connectivity index (χ1n) is 7.08. The van der Waals surface area contributed by atoms with Crippen molar-refractivity contribution in [3.05, 3.63) is 11.3 Å². The SMILES string of the molecule is CCC(C)C1Nc2ncnc(Nc3nnc(C)s3)c2NC1=O. The number of anilines is 4. The summed E-state index contributed by atoms with van der Waals surface area (Å²) in [6.45, 7) is 5.96. The molecule has 0 saturated heterocycles. The van der Waals surface area contributed by atoms with Crippen LogP contribution in [0.15, 0.2) is 6.33 Å². The molecule has 2 aromatic rings. The van der Waals surface area contributed by atoms with Gasteiger partial charge in [-0.05, 0) is 12.8 Å². The van der Waals surface area contributed by atoms with E-state index in [0.717, 1.165) is 11.4 Å². The molecular weight excluding hydrogens is 302 g/mol. The van der Waals surface area contributed by atoms with E-state index < -0.39 is 0 Å². The molecule has 9 heteroatoms. The largest absolute Gasteiger partial charge is 0.356 e. The van der Waals surface area contributed by atoms with E-state index in [2.05, 4.69) is 43.0 Å². The molecule has 1 aliphatic heterocycles. The lowest BCUT2D eigenvalue weighted by Gasteiger charge is -2.30. The van der Waals surface area contributed by atoms with Crippen molar-refractivity contribution in [1.29, 1.82) is 0 Å². The molecule has 116 valence electrons. The van der Waals surface area contributed by atoms with Gasteiger partial charge in [0.2, 0.25) is 11.0 Å². The monoisotopic (exact) mass is 319 g/mol. The Balaban J connectivity index is 1.89. The van der Waals surface area contributed by atoms with Crippen molar-refractivity contribution in [2.75, 3.05) is 16.0 Å². The van der Waals surface area contributed by atoms with Crippen LogP contribution in [0, 0.1) is 12.8 Å². The fraction of sp³-hybridized carbons (Fsp3) is 0.462. The first kappa shape index (κ1) is 14.6. The van der Waals surface area contributed by atoms with Crippen molar-refractivity contribution in [2.45, 2.75) is 33.2 Å². The van der Waals surface area contributed by atoms with Gasteiger partial charge in [-0.2, -0.15) is 0 Å². The number of fused-ring (bicyclic) bond motifs is 1. The van der Waals surface area contributed by atoms with Crippen LogP contribution in [0.3, 0.4) is 0 Å². The van der Waals surface area contributed by atoms with E-state index >= 15 is 0 Å².